The first-order valence-corrected chi connectivity index (χ1v) is 10.7. The highest BCUT2D eigenvalue weighted by atomic mass is 32.2. The summed E-state index contributed by atoms with van der Waals surface area (Å²) in [5.41, 5.74) is 2.92. The van der Waals surface area contributed by atoms with Gasteiger partial charge < -0.3 is 0 Å². The van der Waals surface area contributed by atoms with E-state index in [1.165, 1.54) is 11.1 Å². The summed E-state index contributed by atoms with van der Waals surface area (Å²) in [6, 6.07) is 17.3. The highest BCUT2D eigenvalue weighted by molar-refractivity contribution is 7.89. The number of piperidine rings is 1. The molecule has 138 valence electrons. The van der Waals surface area contributed by atoms with E-state index in [9.17, 15) is 8.42 Å². The van der Waals surface area contributed by atoms with Gasteiger partial charge in [0.25, 0.3) is 0 Å². The predicted molar refractivity (Wildman–Crippen MR) is 103 cm³/mol. The van der Waals surface area contributed by atoms with Crippen molar-refractivity contribution in [3.8, 4) is 0 Å². The van der Waals surface area contributed by atoms with Gasteiger partial charge in [0.1, 0.15) is 0 Å². The summed E-state index contributed by atoms with van der Waals surface area (Å²) < 4.78 is 27.0. The quantitative estimate of drug-likeness (QED) is 0.829. The van der Waals surface area contributed by atoms with Crippen LogP contribution < -0.4 is 0 Å². The number of hydrogen-bond acceptors (Lipinski definition) is 3. The lowest BCUT2D eigenvalue weighted by atomic mass is 9.73. The van der Waals surface area contributed by atoms with Crippen LogP contribution in [0.4, 0.5) is 0 Å². The number of aryl methyl sites for hydroxylation is 1. The zero-order valence-corrected chi connectivity index (χ0v) is 16.1. The normalized spacial score (nSPS) is 20.8. The van der Waals surface area contributed by atoms with Crippen LogP contribution in [0.5, 0.6) is 0 Å². The molecule has 2 heterocycles. The van der Waals surface area contributed by atoms with E-state index >= 15 is 0 Å². The Hall–Kier alpha value is -1.69. The average molecular weight is 371 g/mol. The molecule has 4 nitrogen and oxygen atoms in total. The summed E-state index contributed by atoms with van der Waals surface area (Å²) in [7, 11) is -3.33. The van der Waals surface area contributed by atoms with Crippen molar-refractivity contribution in [3.05, 3.63) is 65.7 Å². The third-order valence-electron chi connectivity index (χ3n) is 5.98. The minimum atomic E-state index is -3.33. The Bertz CT molecular complexity index is 864. The Balaban J connectivity index is 1.34. The van der Waals surface area contributed by atoms with Gasteiger partial charge in [-0.3, -0.25) is 4.90 Å². The first-order chi connectivity index (χ1) is 12.5. The Morgan fingerprint density at radius 3 is 2.19 bits per heavy atom. The van der Waals surface area contributed by atoms with Gasteiger partial charge >= 0.3 is 0 Å². The topological polar surface area (TPSA) is 40.6 Å². The molecule has 2 aliphatic rings. The number of likely N-dealkylation sites (tertiary alicyclic amines) is 1. The van der Waals surface area contributed by atoms with Crippen LogP contribution in [0.25, 0.3) is 0 Å². The van der Waals surface area contributed by atoms with E-state index in [4.69, 9.17) is 0 Å². The van der Waals surface area contributed by atoms with E-state index in [0.717, 1.165) is 32.5 Å². The molecule has 0 bridgehead atoms. The zero-order valence-electron chi connectivity index (χ0n) is 15.3. The van der Waals surface area contributed by atoms with Crippen molar-refractivity contribution < 1.29 is 8.42 Å². The molecule has 0 aliphatic carbocycles. The SMILES string of the molecule is Cc1ccccc1CN1CCC2(CC1)CN(S(=O)(=O)c1ccccc1)C2. The van der Waals surface area contributed by atoms with Gasteiger partial charge in [0.2, 0.25) is 10.0 Å². The Kier molecular flexibility index (Phi) is 4.63. The minimum absolute atomic E-state index is 0.185. The second kappa shape index (κ2) is 6.80. The fourth-order valence-electron chi connectivity index (χ4n) is 4.14. The number of nitrogens with zero attached hydrogens (tertiary/aromatic N) is 2. The van der Waals surface area contributed by atoms with Crippen LogP contribution in [-0.4, -0.2) is 43.8 Å². The van der Waals surface area contributed by atoms with Gasteiger partial charge in [-0.25, -0.2) is 8.42 Å². The van der Waals surface area contributed by atoms with Crippen LogP contribution in [0.15, 0.2) is 59.5 Å². The molecule has 0 atom stereocenters. The van der Waals surface area contributed by atoms with Crippen molar-refractivity contribution in [2.75, 3.05) is 26.2 Å². The Labute approximate surface area is 156 Å². The van der Waals surface area contributed by atoms with Crippen molar-refractivity contribution >= 4 is 10.0 Å². The molecule has 0 saturated carbocycles. The van der Waals surface area contributed by atoms with E-state index in [2.05, 4.69) is 36.1 Å². The van der Waals surface area contributed by atoms with Crippen LogP contribution in [0.2, 0.25) is 0 Å². The van der Waals surface area contributed by atoms with Crippen LogP contribution in [0, 0.1) is 12.3 Å². The second-order valence-corrected chi connectivity index (χ2v) is 9.73. The van der Waals surface area contributed by atoms with Crippen molar-refractivity contribution in [1.29, 1.82) is 0 Å². The molecule has 0 aromatic heterocycles. The summed E-state index contributed by atoms with van der Waals surface area (Å²) in [4.78, 5) is 2.91. The third kappa shape index (κ3) is 3.31. The molecule has 0 N–H and O–H groups in total. The lowest BCUT2D eigenvalue weighted by Gasteiger charge is -2.53. The molecule has 0 amide bonds. The number of sulfonamides is 1. The molecule has 2 fully saturated rings. The maximum Gasteiger partial charge on any atom is 0.243 e. The van der Waals surface area contributed by atoms with Gasteiger partial charge in [0.15, 0.2) is 0 Å². The van der Waals surface area contributed by atoms with Crippen LogP contribution in [-0.2, 0) is 16.6 Å². The summed E-state index contributed by atoms with van der Waals surface area (Å²) in [6.07, 6.45) is 2.17. The standard InChI is InChI=1S/C21H26N2O2S/c1-18-7-5-6-8-19(18)15-22-13-11-21(12-14-22)16-23(17-21)26(24,25)20-9-3-2-4-10-20/h2-10H,11-17H2,1H3. The maximum absolute atomic E-state index is 12.7. The van der Waals surface area contributed by atoms with Gasteiger partial charge in [0, 0.05) is 25.0 Å². The number of rotatable bonds is 4. The predicted octanol–water partition coefficient (Wildman–Crippen LogP) is 3.28. The second-order valence-electron chi connectivity index (χ2n) is 7.79. The van der Waals surface area contributed by atoms with Crippen LogP contribution in [0.1, 0.15) is 24.0 Å². The van der Waals surface area contributed by atoms with Gasteiger partial charge in [0.05, 0.1) is 4.90 Å². The first-order valence-electron chi connectivity index (χ1n) is 9.31. The highest BCUT2D eigenvalue weighted by Crippen LogP contribution is 2.43. The van der Waals surface area contributed by atoms with E-state index in [1.54, 1.807) is 28.6 Å². The van der Waals surface area contributed by atoms with Gasteiger partial charge in [-0.05, 0) is 56.1 Å². The van der Waals surface area contributed by atoms with Gasteiger partial charge in [-0.15, -0.1) is 0 Å². The van der Waals surface area contributed by atoms with Gasteiger partial charge in [-0.2, -0.15) is 4.31 Å². The van der Waals surface area contributed by atoms with Gasteiger partial charge in [-0.1, -0.05) is 42.5 Å². The summed E-state index contributed by atoms with van der Waals surface area (Å²) in [5.74, 6) is 0. The molecule has 4 rings (SSSR count). The molecule has 2 aromatic rings. The lowest BCUT2D eigenvalue weighted by Crippen LogP contribution is -2.61. The van der Waals surface area contributed by atoms with Crippen LogP contribution in [0.3, 0.4) is 0 Å². The monoisotopic (exact) mass is 370 g/mol. The van der Waals surface area contributed by atoms with E-state index in [0.29, 0.717) is 18.0 Å². The van der Waals surface area contributed by atoms with Crippen molar-refractivity contribution in [3.63, 3.8) is 0 Å². The molecule has 26 heavy (non-hydrogen) atoms. The van der Waals surface area contributed by atoms with Crippen molar-refractivity contribution in [2.24, 2.45) is 5.41 Å². The summed E-state index contributed by atoms with van der Waals surface area (Å²) in [5, 5.41) is 0. The maximum atomic E-state index is 12.7. The fraction of sp³-hybridized carbons (Fsp3) is 0.429. The molecular weight excluding hydrogens is 344 g/mol. The fourth-order valence-corrected chi connectivity index (χ4v) is 5.83. The van der Waals surface area contributed by atoms with E-state index in [-0.39, 0.29) is 5.41 Å². The van der Waals surface area contributed by atoms with E-state index in [1.807, 2.05) is 6.07 Å². The largest absolute Gasteiger partial charge is 0.299 e. The molecule has 1 spiro atoms. The molecular formula is C21H26N2O2S. The molecule has 0 unspecified atom stereocenters. The number of hydrogen-bond donors (Lipinski definition) is 0. The lowest BCUT2D eigenvalue weighted by molar-refractivity contribution is -0.00143. The molecule has 2 aliphatic heterocycles. The molecule has 0 radical (unpaired) electrons. The highest BCUT2D eigenvalue weighted by Gasteiger charge is 2.49. The van der Waals surface area contributed by atoms with Crippen LogP contribution >= 0.6 is 0 Å². The molecule has 5 heteroatoms. The van der Waals surface area contributed by atoms with Crippen molar-refractivity contribution in [2.45, 2.75) is 31.2 Å². The minimum Gasteiger partial charge on any atom is -0.299 e. The third-order valence-corrected chi connectivity index (χ3v) is 7.78. The number of benzene rings is 2. The zero-order chi connectivity index (χ0) is 18.2. The van der Waals surface area contributed by atoms with Crippen molar-refractivity contribution in [1.82, 2.24) is 9.21 Å². The molecule has 2 saturated heterocycles. The Morgan fingerprint density at radius 1 is 0.923 bits per heavy atom. The summed E-state index contributed by atoms with van der Waals surface area (Å²) >= 11 is 0. The Morgan fingerprint density at radius 2 is 1.54 bits per heavy atom. The van der Waals surface area contributed by atoms with E-state index < -0.39 is 10.0 Å². The first kappa shape index (κ1) is 17.7. The average Bonchev–Trinajstić information content (AvgIpc) is 2.63. The molecule has 2 aromatic carbocycles. The summed E-state index contributed by atoms with van der Waals surface area (Å²) in [6.45, 7) is 6.60. The smallest absolute Gasteiger partial charge is 0.243 e.